The number of pyridine rings is 1. The number of nitrogens with zero attached hydrogens (tertiary/aromatic N) is 4. The van der Waals surface area contributed by atoms with E-state index in [2.05, 4.69) is 31.1 Å². The van der Waals surface area contributed by atoms with Gasteiger partial charge < -0.3 is 9.88 Å². The maximum absolute atomic E-state index is 4.55. The van der Waals surface area contributed by atoms with Gasteiger partial charge in [0.1, 0.15) is 5.82 Å². The van der Waals surface area contributed by atoms with Crippen molar-refractivity contribution in [1.82, 2.24) is 25.1 Å². The Bertz CT molecular complexity index is 600. The molecule has 4 rings (SSSR count). The molecule has 1 N–H and O–H groups in total. The standard InChI is InChI=1S/C16H21N5/c1-2-5-12(6-3-1)15-19-20-16-14(18-9-10-21(15)16)13-7-4-8-17-11-13/h4,7-8,11-12,14,18H,1-3,5-6,9-10H2. The summed E-state index contributed by atoms with van der Waals surface area (Å²) in [6.45, 7) is 1.94. The van der Waals surface area contributed by atoms with Crippen LogP contribution in [-0.2, 0) is 6.54 Å². The van der Waals surface area contributed by atoms with E-state index in [0.717, 1.165) is 18.9 Å². The normalized spacial score (nSPS) is 23.0. The van der Waals surface area contributed by atoms with Gasteiger partial charge in [0.15, 0.2) is 5.82 Å². The Labute approximate surface area is 124 Å². The molecule has 5 heteroatoms. The van der Waals surface area contributed by atoms with Crippen LogP contribution in [0.3, 0.4) is 0 Å². The van der Waals surface area contributed by atoms with Gasteiger partial charge in [-0.25, -0.2) is 0 Å². The Kier molecular flexibility index (Phi) is 3.43. The van der Waals surface area contributed by atoms with Gasteiger partial charge in [-0.15, -0.1) is 10.2 Å². The summed E-state index contributed by atoms with van der Waals surface area (Å²) in [7, 11) is 0. The second-order valence-corrected chi connectivity index (χ2v) is 6.08. The average Bonchev–Trinajstić information content (AvgIpc) is 3.00. The number of hydrogen-bond donors (Lipinski definition) is 1. The molecule has 5 nitrogen and oxygen atoms in total. The first-order valence-electron chi connectivity index (χ1n) is 8.00. The van der Waals surface area contributed by atoms with Crippen molar-refractivity contribution in [3.8, 4) is 0 Å². The minimum atomic E-state index is 0.122. The van der Waals surface area contributed by atoms with Gasteiger partial charge in [-0.3, -0.25) is 4.98 Å². The molecule has 110 valence electrons. The quantitative estimate of drug-likeness (QED) is 0.919. The first-order valence-corrected chi connectivity index (χ1v) is 8.00. The van der Waals surface area contributed by atoms with Crippen LogP contribution in [0.25, 0.3) is 0 Å². The minimum Gasteiger partial charge on any atom is -0.312 e. The molecule has 0 amide bonds. The molecule has 0 spiro atoms. The molecule has 3 heterocycles. The highest BCUT2D eigenvalue weighted by Gasteiger charge is 2.29. The van der Waals surface area contributed by atoms with Crippen molar-refractivity contribution in [2.45, 2.75) is 50.6 Å². The van der Waals surface area contributed by atoms with Gasteiger partial charge in [0, 0.05) is 31.4 Å². The molecule has 1 unspecified atom stereocenters. The van der Waals surface area contributed by atoms with Crippen LogP contribution in [0.5, 0.6) is 0 Å². The van der Waals surface area contributed by atoms with Crippen LogP contribution in [0.2, 0.25) is 0 Å². The molecule has 0 radical (unpaired) electrons. The zero-order valence-electron chi connectivity index (χ0n) is 12.2. The highest BCUT2D eigenvalue weighted by atomic mass is 15.3. The van der Waals surface area contributed by atoms with Gasteiger partial charge in [0.25, 0.3) is 0 Å². The molecule has 1 atom stereocenters. The third-order valence-corrected chi connectivity index (χ3v) is 4.74. The highest BCUT2D eigenvalue weighted by molar-refractivity contribution is 5.24. The molecule has 21 heavy (non-hydrogen) atoms. The van der Waals surface area contributed by atoms with Gasteiger partial charge >= 0.3 is 0 Å². The second kappa shape index (κ2) is 5.56. The fourth-order valence-corrected chi connectivity index (χ4v) is 3.66. The van der Waals surface area contributed by atoms with Crippen molar-refractivity contribution in [3.05, 3.63) is 41.7 Å². The lowest BCUT2D eigenvalue weighted by atomic mass is 9.88. The van der Waals surface area contributed by atoms with Crippen molar-refractivity contribution >= 4 is 0 Å². The van der Waals surface area contributed by atoms with E-state index in [0.29, 0.717) is 5.92 Å². The Morgan fingerprint density at radius 3 is 2.76 bits per heavy atom. The lowest BCUT2D eigenvalue weighted by Gasteiger charge is -2.27. The van der Waals surface area contributed by atoms with E-state index < -0.39 is 0 Å². The summed E-state index contributed by atoms with van der Waals surface area (Å²) >= 11 is 0. The van der Waals surface area contributed by atoms with Crippen LogP contribution in [0.1, 0.15) is 61.3 Å². The maximum atomic E-state index is 4.55. The van der Waals surface area contributed by atoms with Gasteiger partial charge in [-0.05, 0) is 24.5 Å². The minimum absolute atomic E-state index is 0.122. The number of nitrogens with one attached hydrogen (secondary N) is 1. The summed E-state index contributed by atoms with van der Waals surface area (Å²) in [5.41, 5.74) is 1.17. The molecule has 2 aromatic heterocycles. The number of hydrogen-bond acceptors (Lipinski definition) is 4. The molecule has 1 aliphatic heterocycles. The zero-order chi connectivity index (χ0) is 14.1. The van der Waals surface area contributed by atoms with E-state index in [1.165, 1.54) is 43.5 Å². The fraction of sp³-hybridized carbons (Fsp3) is 0.562. The van der Waals surface area contributed by atoms with Crippen LogP contribution >= 0.6 is 0 Å². The van der Waals surface area contributed by atoms with E-state index in [-0.39, 0.29) is 6.04 Å². The van der Waals surface area contributed by atoms with Crippen molar-refractivity contribution in [3.63, 3.8) is 0 Å². The maximum Gasteiger partial charge on any atom is 0.154 e. The molecule has 1 fully saturated rings. The molecule has 0 bridgehead atoms. The van der Waals surface area contributed by atoms with Gasteiger partial charge in [-0.1, -0.05) is 25.3 Å². The first-order chi connectivity index (χ1) is 10.4. The number of rotatable bonds is 2. The molecular formula is C16H21N5. The molecule has 1 saturated carbocycles. The van der Waals surface area contributed by atoms with Crippen molar-refractivity contribution in [1.29, 1.82) is 0 Å². The van der Waals surface area contributed by atoms with E-state index in [1.54, 1.807) is 0 Å². The zero-order valence-corrected chi connectivity index (χ0v) is 12.2. The largest absolute Gasteiger partial charge is 0.312 e. The highest BCUT2D eigenvalue weighted by Crippen LogP contribution is 2.34. The molecule has 1 aliphatic carbocycles. The summed E-state index contributed by atoms with van der Waals surface area (Å²) in [5.74, 6) is 2.86. The van der Waals surface area contributed by atoms with Crippen LogP contribution in [-0.4, -0.2) is 26.3 Å². The van der Waals surface area contributed by atoms with Crippen molar-refractivity contribution in [2.75, 3.05) is 6.54 Å². The Morgan fingerprint density at radius 2 is 1.95 bits per heavy atom. The lowest BCUT2D eigenvalue weighted by Crippen LogP contribution is -2.35. The molecule has 2 aromatic rings. The van der Waals surface area contributed by atoms with Gasteiger partial charge in [0.05, 0.1) is 6.04 Å². The first kappa shape index (κ1) is 13.0. The topological polar surface area (TPSA) is 55.6 Å². The van der Waals surface area contributed by atoms with Crippen LogP contribution < -0.4 is 5.32 Å². The smallest absolute Gasteiger partial charge is 0.154 e. The SMILES string of the molecule is c1cncc(C2NCCn3c(C4CCCCC4)nnc32)c1. The third-order valence-electron chi connectivity index (χ3n) is 4.74. The summed E-state index contributed by atoms with van der Waals surface area (Å²) < 4.78 is 2.35. The van der Waals surface area contributed by atoms with E-state index in [4.69, 9.17) is 0 Å². The predicted octanol–water partition coefficient (Wildman–Crippen LogP) is 2.41. The van der Waals surface area contributed by atoms with E-state index in [9.17, 15) is 0 Å². The van der Waals surface area contributed by atoms with Crippen LogP contribution in [0.4, 0.5) is 0 Å². The molecule has 2 aliphatic rings. The monoisotopic (exact) mass is 283 g/mol. The Balaban J connectivity index is 1.68. The Hall–Kier alpha value is -1.75. The van der Waals surface area contributed by atoms with Gasteiger partial charge in [0.2, 0.25) is 0 Å². The van der Waals surface area contributed by atoms with E-state index >= 15 is 0 Å². The number of fused-ring (bicyclic) bond motifs is 1. The second-order valence-electron chi connectivity index (χ2n) is 6.08. The molecule has 0 aromatic carbocycles. The van der Waals surface area contributed by atoms with Crippen LogP contribution in [0.15, 0.2) is 24.5 Å². The molecular weight excluding hydrogens is 262 g/mol. The summed E-state index contributed by atoms with van der Waals surface area (Å²) in [6.07, 6.45) is 10.3. The average molecular weight is 283 g/mol. The summed E-state index contributed by atoms with van der Waals surface area (Å²) in [4.78, 5) is 4.23. The number of aromatic nitrogens is 4. The van der Waals surface area contributed by atoms with Crippen LogP contribution in [0, 0.1) is 0 Å². The molecule has 0 saturated heterocycles. The Morgan fingerprint density at radius 1 is 1.10 bits per heavy atom. The van der Waals surface area contributed by atoms with Crippen molar-refractivity contribution in [2.24, 2.45) is 0 Å². The summed E-state index contributed by atoms with van der Waals surface area (Å²) in [6, 6.07) is 4.21. The van der Waals surface area contributed by atoms with Crippen molar-refractivity contribution < 1.29 is 0 Å². The third kappa shape index (κ3) is 2.35. The van der Waals surface area contributed by atoms with Gasteiger partial charge in [-0.2, -0.15) is 0 Å². The fourth-order valence-electron chi connectivity index (χ4n) is 3.66. The lowest BCUT2D eigenvalue weighted by molar-refractivity contribution is 0.392. The summed E-state index contributed by atoms with van der Waals surface area (Å²) in [5, 5.41) is 12.6. The predicted molar refractivity (Wildman–Crippen MR) is 79.9 cm³/mol. The van der Waals surface area contributed by atoms with E-state index in [1.807, 2.05) is 18.5 Å².